The van der Waals surface area contributed by atoms with Gasteiger partial charge in [0.25, 0.3) is 0 Å². The van der Waals surface area contributed by atoms with Crippen molar-refractivity contribution in [3.8, 4) is 0 Å². The number of carbonyl (C=O) groups is 1. The standard InChI is InChI=1S/C14H18N4O/c1-18(13(19)14(8-15)5-2-6-14)10-3-4-11-12(7-10)17-9-16-11/h3-4,7,9H,2,5-6,8,15H2,1H3,(H,16,17). The average Bonchev–Trinajstić information content (AvgIpc) is 2.84. The van der Waals surface area contributed by atoms with Crippen LogP contribution in [-0.2, 0) is 4.79 Å². The molecule has 0 saturated heterocycles. The van der Waals surface area contributed by atoms with Gasteiger partial charge in [-0.2, -0.15) is 0 Å². The van der Waals surface area contributed by atoms with Crippen molar-refractivity contribution in [3.63, 3.8) is 0 Å². The van der Waals surface area contributed by atoms with Crippen LogP contribution in [0.3, 0.4) is 0 Å². The maximum absolute atomic E-state index is 12.6. The predicted octanol–water partition coefficient (Wildman–Crippen LogP) is 1.65. The summed E-state index contributed by atoms with van der Waals surface area (Å²) in [5, 5.41) is 0. The van der Waals surface area contributed by atoms with Gasteiger partial charge in [0.2, 0.25) is 5.91 Å². The van der Waals surface area contributed by atoms with Crippen LogP contribution in [0.1, 0.15) is 19.3 Å². The summed E-state index contributed by atoms with van der Waals surface area (Å²) in [6, 6.07) is 5.79. The summed E-state index contributed by atoms with van der Waals surface area (Å²) in [4.78, 5) is 21.5. The van der Waals surface area contributed by atoms with Gasteiger partial charge < -0.3 is 15.6 Å². The molecule has 0 unspecified atom stereocenters. The number of carbonyl (C=O) groups excluding carboxylic acids is 1. The number of benzene rings is 1. The van der Waals surface area contributed by atoms with E-state index in [1.807, 2.05) is 25.2 Å². The summed E-state index contributed by atoms with van der Waals surface area (Å²) in [6.07, 6.45) is 4.55. The molecule has 1 aliphatic carbocycles. The number of anilines is 1. The number of amides is 1. The third kappa shape index (κ3) is 1.81. The molecule has 0 spiro atoms. The van der Waals surface area contributed by atoms with Crippen molar-refractivity contribution in [3.05, 3.63) is 24.5 Å². The van der Waals surface area contributed by atoms with E-state index in [1.54, 1.807) is 11.2 Å². The molecule has 100 valence electrons. The average molecular weight is 258 g/mol. The van der Waals surface area contributed by atoms with Crippen LogP contribution in [-0.4, -0.2) is 29.5 Å². The zero-order valence-corrected chi connectivity index (χ0v) is 11.0. The van der Waals surface area contributed by atoms with E-state index in [-0.39, 0.29) is 11.3 Å². The maximum atomic E-state index is 12.6. The van der Waals surface area contributed by atoms with Crippen LogP contribution in [0.4, 0.5) is 5.69 Å². The number of imidazole rings is 1. The second kappa shape index (κ2) is 4.35. The fraction of sp³-hybridized carbons (Fsp3) is 0.429. The second-order valence-corrected chi connectivity index (χ2v) is 5.31. The Kier molecular flexibility index (Phi) is 2.78. The molecule has 3 N–H and O–H groups in total. The number of aromatic nitrogens is 2. The fourth-order valence-electron chi connectivity index (χ4n) is 2.71. The number of aromatic amines is 1. The van der Waals surface area contributed by atoms with Gasteiger partial charge in [-0.1, -0.05) is 6.42 Å². The molecule has 5 heteroatoms. The van der Waals surface area contributed by atoms with E-state index in [1.165, 1.54) is 0 Å². The van der Waals surface area contributed by atoms with Crippen LogP contribution >= 0.6 is 0 Å². The molecule has 0 radical (unpaired) electrons. The van der Waals surface area contributed by atoms with E-state index < -0.39 is 0 Å². The number of nitrogens with one attached hydrogen (secondary N) is 1. The summed E-state index contributed by atoms with van der Waals surface area (Å²) in [6.45, 7) is 0.433. The third-order valence-electron chi connectivity index (χ3n) is 4.25. The van der Waals surface area contributed by atoms with E-state index in [4.69, 9.17) is 5.73 Å². The van der Waals surface area contributed by atoms with Crippen LogP contribution < -0.4 is 10.6 Å². The molecule has 1 heterocycles. The Hall–Kier alpha value is -1.88. The minimum Gasteiger partial charge on any atom is -0.345 e. The number of hydrogen-bond acceptors (Lipinski definition) is 3. The molecule has 1 amide bonds. The molecule has 3 rings (SSSR count). The van der Waals surface area contributed by atoms with Crippen molar-refractivity contribution in [1.82, 2.24) is 9.97 Å². The van der Waals surface area contributed by atoms with Gasteiger partial charge in [-0.25, -0.2) is 4.98 Å². The van der Waals surface area contributed by atoms with E-state index in [2.05, 4.69) is 9.97 Å². The first kappa shape index (κ1) is 12.2. The predicted molar refractivity (Wildman–Crippen MR) is 74.8 cm³/mol. The molecular weight excluding hydrogens is 240 g/mol. The number of nitrogens with zero attached hydrogens (tertiary/aromatic N) is 2. The molecule has 0 atom stereocenters. The maximum Gasteiger partial charge on any atom is 0.234 e. The molecule has 1 aliphatic rings. The summed E-state index contributed by atoms with van der Waals surface area (Å²) in [7, 11) is 1.82. The first-order valence-corrected chi connectivity index (χ1v) is 6.58. The summed E-state index contributed by atoms with van der Waals surface area (Å²) in [5.41, 5.74) is 8.18. The van der Waals surface area contributed by atoms with Gasteiger partial charge in [0, 0.05) is 19.3 Å². The van der Waals surface area contributed by atoms with Gasteiger partial charge in [-0.15, -0.1) is 0 Å². The van der Waals surface area contributed by atoms with Crippen LogP contribution in [0.2, 0.25) is 0 Å². The smallest absolute Gasteiger partial charge is 0.234 e. The Balaban J connectivity index is 1.90. The van der Waals surface area contributed by atoms with Gasteiger partial charge in [0.1, 0.15) is 0 Å². The third-order valence-corrected chi connectivity index (χ3v) is 4.25. The second-order valence-electron chi connectivity index (χ2n) is 5.31. The summed E-state index contributed by atoms with van der Waals surface area (Å²) in [5.74, 6) is 0.125. The quantitative estimate of drug-likeness (QED) is 0.879. The van der Waals surface area contributed by atoms with Crippen molar-refractivity contribution in [1.29, 1.82) is 0 Å². The Morgan fingerprint density at radius 2 is 2.32 bits per heavy atom. The Morgan fingerprint density at radius 1 is 1.53 bits per heavy atom. The van der Waals surface area contributed by atoms with Gasteiger partial charge >= 0.3 is 0 Å². The summed E-state index contributed by atoms with van der Waals surface area (Å²) < 4.78 is 0. The zero-order valence-electron chi connectivity index (χ0n) is 11.0. The van der Waals surface area contributed by atoms with E-state index in [0.717, 1.165) is 36.0 Å². The molecule has 0 bridgehead atoms. The van der Waals surface area contributed by atoms with Crippen molar-refractivity contribution in [2.45, 2.75) is 19.3 Å². The highest BCUT2D eigenvalue weighted by Gasteiger charge is 2.44. The van der Waals surface area contributed by atoms with Gasteiger partial charge in [-0.3, -0.25) is 4.79 Å². The topological polar surface area (TPSA) is 75.0 Å². The Labute approximate surface area is 111 Å². The molecule has 1 fully saturated rings. The zero-order chi connectivity index (χ0) is 13.5. The largest absolute Gasteiger partial charge is 0.345 e. The number of fused-ring (bicyclic) bond motifs is 1. The van der Waals surface area contributed by atoms with Gasteiger partial charge in [-0.05, 0) is 31.0 Å². The van der Waals surface area contributed by atoms with Crippen LogP contribution in [0.5, 0.6) is 0 Å². The fourth-order valence-corrected chi connectivity index (χ4v) is 2.71. The normalized spacial score (nSPS) is 17.2. The molecular formula is C14H18N4O. The molecule has 1 aromatic carbocycles. The molecule has 19 heavy (non-hydrogen) atoms. The molecule has 1 saturated carbocycles. The van der Waals surface area contributed by atoms with E-state index in [9.17, 15) is 4.79 Å². The van der Waals surface area contributed by atoms with E-state index >= 15 is 0 Å². The number of H-pyrrole nitrogens is 1. The Bertz CT molecular complexity index is 609. The number of nitrogens with two attached hydrogens (primary N) is 1. The lowest BCUT2D eigenvalue weighted by Crippen LogP contribution is -2.51. The minimum absolute atomic E-state index is 0.125. The minimum atomic E-state index is -0.336. The highest BCUT2D eigenvalue weighted by molar-refractivity contribution is 5.99. The molecule has 5 nitrogen and oxygen atoms in total. The van der Waals surface area contributed by atoms with Crippen LogP contribution in [0, 0.1) is 5.41 Å². The lowest BCUT2D eigenvalue weighted by Gasteiger charge is -2.41. The van der Waals surface area contributed by atoms with Gasteiger partial charge in [0.15, 0.2) is 0 Å². The van der Waals surface area contributed by atoms with Crippen molar-refractivity contribution >= 4 is 22.6 Å². The van der Waals surface area contributed by atoms with Crippen molar-refractivity contribution < 1.29 is 4.79 Å². The van der Waals surface area contributed by atoms with Crippen LogP contribution in [0.15, 0.2) is 24.5 Å². The first-order chi connectivity index (χ1) is 9.16. The lowest BCUT2D eigenvalue weighted by atomic mass is 9.68. The number of hydrogen-bond donors (Lipinski definition) is 2. The summed E-state index contributed by atoms with van der Waals surface area (Å²) >= 11 is 0. The van der Waals surface area contributed by atoms with Gasteiger partial charge in [0.05, 0.1) is 22.8 Å². The first-order valence-electron chi connectivity index (χ1n) is 6.58. The lowest BCUT2D eigenvalue weighted by molar-refractivity contribution is -0.131. The highest BCUT2D eigenvalue weighted by atomic mass is 16.2. The number of rotatable bonds is 3. The molecule has 0 aliphatic heterocycles. The molecule has 2 aromatic rings. The highest BCUT2D eigenvalue weighted by Crippen LogP contribution is 2.42. The Morgan fingerprint density at radius 3 is 2.95 bits per heavy atom. The van der Waals surface area contributed by atoms with Crippen LogP contribution in [0.25, 0.3) is 11.0 Å². The van der Waals surface area contributed by atoms with E-state index in [0.29, 0.717) is 6.54 Å². The monoisotopic (exact) mass is 258 g/mol. The SMILES string of the molecule is CN(C(=O)C1(CN)CCC1)c1ccc2nc[nH]c2c1. The van der Waals surface area contributed by atoms with Crippen molar-refractivity contribution in [2.24, 2.45) is 11.1 Å². The molecule has 1 aromatic heterocycles. The van der Waals surface area contributed by atoms with Crippen molar-refractivity contribution in [2.75, 3.05) is 18.5 Å².